The van der Waals surface area contributed by atoms with Gasteiger partial charge in [0.2, 0.25) is 0 Å². The average Bonchev–Trinajstić information content (AvgIpc) is 2.44. The maximum absolute atomic E-state index is 13.9. The van der Waals surface area contributed by atoms with Crippen molar-refractivity contribution in [2.75, 3.05) is 13.7 Å². The highest BCUT2D eigenvalue weighted by molar-refractivity contribution is 5.23. The molecule has 2 rings (SSSR count). The van der Waals surface area contributed by atoms with E-state index in [1.807, 2.05) is 18.2 Å². The second-order valence-electron chi connectivity index (χ2n) is 4.04. The summed E-state index contributed by atoms with van der Waals surface area (Å²) in [6, 6.07) is 7.31. The second-order valence-corrected chi connectivity index (χ2v) is 4.04. The molecule has 0 saturated heterocycles. The second kappa shape index (κ2) is 6.80. The molecule has 0 aromatic carbocycles. The minimum Gasteiger partial charge on any atom is -0.475 e. The first kappa shape index (κ1) is 13.4. The Hall–Kier alpha value is -2.01. The van der Waals surface area contributed by atoms with Crippen LogP contribution in [0.1, 0.15) is 11.3 Å². The quantitative estimate of drug-likeness (QED) is 0.863. The summed E-state index contributed by atoms with van der Waals surface area (Å²) < 4.78 is 19.3. The number of rotatable bonds is 6. The van der Waals surface area contributed by atoms with Crippen LogP contribution in [0.25, 0.3) is 0 Å². The molecule has 0 bridgehead atoms. The predicted molar refractivity (Wildman–Crippen MR) is 70.4 cm³/mol. The summed E-state index contributed by atoms with van der Waals surface area (Å²) in [6.07, 6.45) is 3.89. The largest absolute Gasteiger partial charge is 0.475 e. The monoisotopic (exact) mass is 261 g/mol. The molecular weight excluding hydrogens is 245 g/mol. The fraction of sp³-hybridized carbons (Fsp3) is 0.286. The molecular formula is C14H16FN3O. The Labute approximate surface area is 111 Å². The van der Waals surface area contributed by atoms with E-state index in [1.165, 1.54) is 0 Å². The third-order valence-corrected chi connectivity index (χ3v) is 2.63. The molecule has 0 aliphatic rings. The van der Waals surface area contributed by atoms with Crippen LogP contribution in [0.3, 0.4) is 0 Å². The molecule has 0 saturated carbocycles. The molecule has 1 N–H and O–H groups in total. The lowest BCUT2D eigenvalue weighted by molar-refractivity contribution is 0.289. The van der Waals surface area contributed by atoms with Gasteiger partial charge in [0.1, 0.15) is 0 Å². The summed E-state index contributed by atoms with van der Waals surface area (Å²) in [5.74, 6) is -0.360. The molecule has 0 aliphatic heterocycles. The third-order valence-electron chi connectivity index (χ3n) is 2.63. The Morgan fingerprint density at radius 2 is 2.11 bits per heavy atom. The summed E-state index contributed by atoms with van der Waals surface area (Å²) in [4.78, 5) is 8.08. The van der Waals surface area contributed by atoms with Gasteiger partial charge in [0.05, 0.1) is 6.61 Å². The first-order chi connectivity index (χ1) is 9.31. The highest BCUT2D eigenvalue weighted by Crippen LogP contribution is 2.17. The first-order valence-electron chi connectivity index (χ1n) is 6.12. The van der Waals surface area contributed by atoms with Crippen LogP contribution < -0.4 is 10.1 Å². The average molecular weight is 261 g/mol. The Balaban J connectivity index is 1.94. The highest BCUT2D eigenvalue weighted by Gasteiger charge is 2.10. The smallest absolute Gasteiger partial charge is 0.250 e. The van der Waals surface area contributed by atoms with Gasteiger partial charge in [-0.05, 0) is 25.2 Å². The zero-order chi connectivity index (χ0) is 13.5. The molecule has 2 heterocycles. The summed E-state index contributed by atoms with van der Waals surface area (Å²) in [5, 5.41) is 2.90. The highest BCUT2D eigenvalue weighted by atomic mass is 19.1. The molecule has 0 fully saturated rings. The van der Waals surface area contributed by atoms with Crippen LogP contribution in [0.5, 0.6) is 5.88 Å². The summed E-state index contributed by atoms with van der Waals surface area (Å²) in [5.41, 5.74) is 1.46. The van der Waals surface area contributed by atoms with E-state index in [9.17, 15) is 4.39 Å². The SMILES string of the molecule is CNCc1ccnc(OCCc2ccccn2)c1F. The number of nitrogens with zero attached hydrogens (tertiary/aromatic N) is 2. The van der Waals surface area contributed by atoms with Crippen molar-refractivity contribution in [1.82, 2.24) is 15.3 Å². The number of pyridine rings is 2. The van der Waals surface area contributed by atoms with E-state index in [0.29, 0.717) is 25.1 Å². The van der Waals surface area contributed by atoms with Crippen LogP contribution in [0.2, 0.25) is 0 Å². The zero-order valence-corrected chi connectivity index (χ0v) is 10.8. The molecule has 5 heteroatoms. The zero-order valence-electron chi connectivity index (χ0n) is 10.8. The molecule has 100 valence electrons. The number of aromatic nitrogens is 2. The van der Waals surface area contributed by atoms with Crippen molar-refractivity contribution in [2.24, 2.45) is 0 Å². The standard InChI is InChI=1S/C14H16FN3O/c1-16-10-11-5-8-18-14(13(11)15)19-9-6-12-4-2-3-7-17-12/h2-5,7-8,16H,6,9-10H2,1H3. The molecule has 0 unspecified atom stereocenters. The number of hydrogen-bond donors (Lipinski definition) is 1. The molecule has 4 nitrogen and oxygen atoms in total. The lowest BCUT2D eigenvalue weighted by atomic mass is 10.2. The maximum Gasteiger partial charge on any atom is 0.250 e. The van der Waals surface area contributed by atoms with Gasteiger partial charge < -0.3 is 10.1 Å². The van der Waals surface area contributed by atoms with Gasteiger partial charge in [0.25, 0.3) is 5.88 Å². The predicted octanol–water partition coefficient (Wildman–Crippen LogP) is 1.96. The topological polar surface area (TPSA) is 47.0 Å². The summed E-state index contributed by atoms with van der Waals surface area (Å²) >= 11 is 0. The van der Waals surface area contributed by atoms with Crippen LogP contribution in [0.15, 0.2) is 36.7 Å². The van der Waals surface area contributed by atoms with Gasteiger partial charge in [-0.2, -0.15) is 0 Å². The lowest BCUT2D eigenvalue weighted by Crippen LogP contribution is -2.10. The van der Waals surface area contributed by atoms with E-state index in [4.69, 9.17) is 4.74 Å². The Kier molecular flexibility index (Phi) is 4.80. The third kappa shape index (κ3) is 3.72. The van der Waals surface area contributed by atoms with Gasteiger partial charge in [0.15, 0.2) is 5.82 Å². The molecule has 2 aromatic heterocycles. The Morgan fingerprint density at radius 3 is 2.84 bits per heavy atom. The summed E-state index contributed by atoms with van der Waals surface area (Å²) in [6.45, 7) is 0.800. The molecule has 0 atom stereocenters. The van der Waals surface area contributed by atoms with Crippen LogP contribution in [0.4, 0.5) is 4.39 Å². The van der Waals surface area contributed by atoms with Gasteiger partial charge in [0, 0.05) is 36.6 Å². The van der Waals surface area contributed by atoms with E-state index in [1.54, 1.807) is 25.5 Å². The fourth-order valence-corrected chi connectivity index (χ4v) is 1.69. The van der Waals surface area contributed by atoms with Crippen molar-refractivity contribution >= 4 is 0 Å². The number of halogens is 1. The van der Waals surface area contributed by atoms with Crippen molar-refractivity contribution in [3.8, 4) is 5.88 Å². The van der Waals surface area contributed by atoms with Gasteiger partial charge in [-0.25, -0.2) is 9.37 Å². The van der Waals surface area contributed by atoms with E-state index in [-0.39, 0.29) is 5.88 Å². The first-order valence-corrected chi connectivity index (χ1v) is 6.12. The Morgan fingerprint density at radius 1 is 1.21 bits per heavy atom. The lowest BCUT2D eigenvalue weighted by Gasteiger charge is -2.08. The van der Waals surface area contributed by atoms with Gasteiger partial charge in [-0.1, -0.05) is 6.07 Å². The Bertz CT molecular complexity index is 519. The summed E-state index contributed by atoms with van der Waals surface area (Å²) in [7, 11) is 1.77. The molecule has 0 radical (unpaired) electrons. The van der Waals surface area contributed by atoms with E-state index in [0.717, 1.165) is 5.69 Å². The van der Waals surface area contributed by atoms with Crippen molar-refractivity contribution < 1.29 is 9.13 Å². The van der Waals surface area contributed by atoms with Crippen LogP contribution in [-0.2, 0) is 13.0 Å². The van der Waals surface area contributed by atoms with Crippen molar-refractivity contribution in [3.05, 3.63) is 53.7 Å². The van der Waals surface area contributed by atoms with Gasteiger partial charge >= 0.3 is 0 Å². The number of ether oxygens (including phenoxy) is 1. The van der Waals surface area contributed by atoms with E-state index in [2.05, 4.69) is 15.3 Å². The van der Waals surface area contributed by atoms with Crippen LogP contribution in [0, 0.1) is 5.82 Å². The van der Waals surface area contributed by atoms with Crippen molar-refractivity contribution in [2.45, 2.75) is 13.0 Å². The molecule has 2 aromatic rings. The van der Waals surface area contributed by atoms with Crippen molar-refractivity contribution in [1.29, 1.82) is 0 Å². The minimum atomic E-state index is -0.405. The molecule has 0 amide bonds. The molecule has 19 heavy (non-hydrogen) atoms. The normalized spacial score (nSPS) is 10.4. The number of hydrogen-bond acceptors (Lipinski definition) is 4. The van der Waals surface area contributed by atoms with Crippen molar-refractivity contribution in [3.63, 3.8) is 0 Å². The molecule has 0 aliphatic carbocycles. The molecule has 0 spiro atoms. The maximum atomic E-state index is 13.9. The van der Waals surface area contributed by atoms with Gasteiger partial charge in [-0.3, -0.25) is 4.98 Å². The number of nitrogens with one attached hydrogen (secondary N) is 1. The minimum absolute atomic E-state index is 0.0451. The van der Waals surface area contributed by atoms with Crippen LogP contribution >= 0.6 is 0 Å². The van der Waals surface area contributed by atoms with Gasteiger partial charge in [-0.15, -0.1) is 0 Å². The van der Waals surface area contributed by atoms with E-state index < -0.39 is 5.82 Å². The van der Waals surface area contributed by atoms with Crippen LogP contribution in [-0.4, -0.2) is 23.6 Å². The fourth-order valence-electron chi connectivity index (χ4n) is 1.69. The van der Waals surface area contributed by atoms with E-state index >= 15 is 0 Å².